The topological polar surface area (TPSA) is 51.0 Å². The van der Waals surface area contributed by atoms with E-state index in [4.69, 9.17) is 4.42 Å². The summed E-state index contributed by atoms with van der Waals surface area (Å²) in [6, 6.07) is 8.79. The average Bonchev–Trinajstić information content (AvgIpc) is 2.98. The highest BCUT2D eigenvalue weighted by Crippen LogP contribution is 2.31. The van der Waals surface area contributed by atoms with Gasteiger partial charge in [0, 0.05) is 17.3 Å². The molecule has 2 aromatic rings. The zero-order valence-electron chi connectivity index (χ0n) is 12.0. The van der Waals surface area contributed by atoms with Gasteiger partial charge in [-0.2, -0.15) is 0 Å². The first-order valence-corrected chi connectivity index (χ1v) is 7.37. The second-order valence-corrected chi connectivity index (χ2v) is 5.88. The number of hydrogen-bond acceptors (Lipinski definition) is 4. The zero-order valence-corrected chi connectivity index (χ0v) is 12.0. The van der Waals surface area contributed by atoms with Crippen molar-refractivity contribution in [3.63, 3.8) is 0 Å². The minimum atomic E-state index is 0.566. The summed E-state index contributed by atoms with van der Waals surface area (Å²) >= 11 is 0. The Hall–Kier alpha value is -1.84. The van der Waals surface area contributed by atoms with Crippen molar-refractivity contribution < 1.29 is 4.42 Å². The predicted molar refractivity (Wildman–Crippen MR) is 79.3 cm³/mol. The SMILES string of the molecule is CC1CCCC(C)C1Nc1ccc(-c2nnco2)cc1. The summed E-state index contributed by atoms with van der Waals surface area (Å²) < 4.78 is 5.20. The van der Waals surface area contributed by atoms with Crippen molar-refractivity contribution in [2.24, 2.45) is 11.8 Å². The van der Waals surface area contributed by atoms with Crippen LogP contribution in [0.2, 0.25) is 0 Å². The van der Waals surface area contributed by atoms with E-state index >= 15 is 0 Å². The fourth-order valence-electron chi connectivity index (χ4n) is 3.17. The Balaban J connectivity index is 1.71. The van der Waals surface area contributed by atoms with E-state index in [0.29, 0.717) is 11.9 Å². The smallest absolute Gasteiger partial charge is 0.247 e. The second-order valence-electron chi connectivity index (χ2n) is 5.88. The van der Waals surface area contributed by atoms with Gasteiger partial charge in [0.25, 0.3) is 0 Å². The fraction of sp³-hybridized carbons (Fsp3) is 0.500. The van der Waals surface area contributed by atoms with Crippen LogP contribution in [0.1, 0.15) is 33.1 Å². The van der Waals surface area contributed by atoms with Crippen LogP contribution in [0.5, 0.6) is 0 Å². The molecule has 1 aliphatic rings. The number of hydrogen-bond donors (Lipinski definition) is 1. The third kappa shape index (κ3) is 2.69. The Morgan fingerprint density at radius 1 is 1.10 bits per heavy atom. The van der Waals surface area contributed by atoms with E-state index in [9.17, 15) is 0 Å². The molecular weight excluding hydrogens is 250 g/mol. The van der Waals surface area contributed by atoms with E-state index in [1.807, 2.05) is 12.1 Å². The van der Waals surface area contributed by atoms with Gasteiger partial charge in [0.2, 0.25) is 12.3 Å². The van der Waals surface area contributed by atoms with Crippen LogP contribution in [0.15, 0.2) is 35.1 Å². The monoisotopic (exact) mass is 271 g/mol. The lowest BCUT2D eigenvalue weighted by atomic mass is 9.78. The Morgan fingerprint density at radius 2 is 1.80 bits per heavy atom. The maximum absolute atomic E-state index is 5.20. The Morgan fingerprint density at radius 3 is 2.40 bits per heavy atom. The summed E-state index contributed by atoms with van der Waals surface area (Å²) in [4.78, 5) is 0. The number of nitrogens with one attached hydrogen (secondary N) is 1. The molecule has 1 aromatic heterocycles. The van der Waals surface area contributed by atoms with Gasteiger partial charge in [0.05, 0.1) is 0 Å². The van der Waals surface area contributed by atoms with Crippen molar-refractivity contribution in [2.45, 2.75) is 39.2 Å². The summed E-state index contributed by atoms with van der Waals surface area (Å²) in [5, 5.41) is 11.3. The van der Waals surface area contributed by atoms with Gasteiger partial charge in [0.15, 0.2) is 0 Å². The highest BCUT2D eigenvalue weighted by Gasteiger charge is 2.27. The zero-order chi connectivity index (χ0) is 13.9. The number of nitrogens with zero attached hydrogens (tertiary/aromatic N) is 2. The number of rotatable bonds is 3. The van der Waals surface area contributed by atoms with Gasteiger partial charge in [-0.05, 0) is 48.9 Å². The summed E-state index contributed by atoms with van der Waals surface area (Å²) in [5.74, 6) is 2.03. The standard InChI is InChI=1S/C16H21N3O/c1-11-4-3-5-12(2)15(11)18-14-8-6-13(7-9-14)16-19-17-10-20-16/h6-12,15,18H,3-5H2,1-2H3. The van der Waals surface area contributed by atoms with E-state index in [2.05, 4.69) is 41.5 Å². The molecule has 2 unspecified atom stereocenters. The first kappa shape index (κ1) is 13.2. The maximum Gasteiger partial charge on any atom is 0.247 e. The quantitative estimate of drug-likeness (QED) is 0.917. The summed E-state index contributed by atoms with van der Waals surface area (Å²) in [6.45, 7) is 4.69. The second kappa shape index (κ2) is 5.65. The van der Waals surface area contributed by atoms with E-state index < -0.39 is 0 Å². The van der Waals surface area contributed by atoms with Gasteiger partial charge in [0.1, 0.15) is 0 Å². The first-order valence-electron chi connectivity index (χ1n) is 7.37. The minimum absolute atomic E-state index is 0.566. The molecule has 1 aliphatic carbocycles. The Bertz CT molecular complexity index is 525. The lowest BCUT2D eigenvalue weighted by Crippen LogP contribution is -2.36. The highest BCUT2D eigenvalue weighted by molar-refractivity contribution is 5.58. The van der Waals surface area contributed by atoms with Crippen molar-refractivity contribution >= 4 is 5.69 Å². The van der Waals surface area contributed by atoms with Crippen molar-refractivity contribution in [1.82, 2.24) is 10.2 Å². The van der Waals surface area contributed by atoms with Gasteiger partial charge in [-0.3, -0.25) is 0 Å². The normalized spacial score (nSPS) is 26.4. The molecule has 4 nitrogen and oxygen atoms in total. The molecule has 0 spiro atoms. The summed E-state index contributed by atoms with van der Waals surface area (Å²) in [6.07, 6.45) is 5.35. The molecule has 2 atom stereocenters. The molecule has 0 amide bonds. The third-order valence-corrected chi connectivity index (χ3v) is 4.37. The average molecular weight is 271 g/mol. The van der Waals surface area contributed by atoms with Gasteiger partial charge in [-0.25, -0.2) is 0 Å². The van der Waals surface area contributed by atoms with E-state index in [1.54, 1.807) is 0 Å². The maximum atomic E-state index is 5.20. The van der Waals surface area contributed by atoms with E-state index in [1.165, 1.54) is 31.3 Å². The van der Waals surface area contributed by atoms with E-state index in [0.717, 1.165) is 17.4 Å². The molecule has 1 aromatic carbocycles. The lowest BCUT2D eigenvalue weighted by Gasteiger charge is -2.35. The van der Waals surface area contributed by atoms with Gasteiger partial charge >= 0.3 is 0 Å². The van der Waals surface area contributed by atoms with E-state index in [-0.39, 0.29) is 0 Å². The largest absolute Gasteiger partial charge is 0.423 e. The van der Waals surface area contributed by atoms with Crippen LogP contribution < -0.4 is 5.32 Å². The minimum Gasteiger partial charge on any atom is -0.423 e. The van der Waals surface area contributed by atoms with Crippen LogP contribution in [0, 0.1) is 11.8 Å². The number of aromatic nitrogens is 2. The van der Waals surface area contributed by atoms with Crippen LogP contribution in [0.3, 0.4) is 0 Å². The van der Waals surface area contributed by atoms with Crippen molar-refractivity contribution in [1.29, 1.82) is 0 Å². The van der Waals surface area contributed by atoms with Gasteiger partial charge < -0.3 is 9.73 Å². The summed E-state index contributed by atoms with van der Waals surface area (Å²) in [5.41, 5.74) is 2.12. The lowest BCUT2D eigenvalue weighted by molar-refractivity contribution is 0.268. The molecule has 1 fully saturated rings. The molecule has 1 heterocycles. The molecule has 3 rings (SSSR count). The molecule has 4 heteroatoms. The van der Waals surface area contributed by atoms with Crippen LogP contribution in [-0.2, 0) is 0 Å². The van der Waals surface area contributed by atoms with Crippen LogP contribution >= 0.6 is 0 Å². The van der Waals surface area contributed by atoms with Gasteiger partial charge in [-0.15, -0.1) is 10.2 Å². The Labute approximate surface area is 119 Å². The number of anilines is 1. The predicted octanol–water partition coefficient (Wildman–Crippen LogP) is 3.97. The molecule has 0 bridgehead atoms. The summed E-state index contributed by atoms with van der Waals surface area (Å²) in [7, 11) is 0. The fourth-order valence-corrected chi connectivity index (χ4v) is 3.17. The van der Waals surface area contributed by atoms with Crippen LogP contribution in [0.4, 0.5) is 5.69 Å². The molecule has 0 radical (unpaired) electrons. The van der Waals surface area contributed by atoms with Crippen molar-refractivity contribution in [3.05, 3.63) is 30.7 Å². The molecule has 106 valence electrons. The first-order chi connectivity index (χ1) is 9.74. The highest BCUT2D eigenvalue weighted by atomic mass is 16.4. The molecular formula is C16H21N3O. The molecule has 0 aliphatic heterocycles. The van der Waals surface area contributed by atoms with Crippen LogP contribution in [0.25, 0.3) is 11.5 Å². The molecule has 1 saturated carbocycles. The molecule has 20 heavy (non-hydrogen) atoms. The Kier molecular flexibility index (Phi) is 3.72. The van der Waals surface area contributed by atoms with Crippen molar-refractivity contribution in [2.75, 3.05) is 5.32 Å². The van der Waals surface area contributed by atoms with Gasteiger partial charge in [-0.1, -0.05) is 20.3 Å². The third-order valence-electron chi connectivity index (χ3n) is 4.37. The van der Waals surface area contributed by atoms with Crippen LogP contribution in [-0.4, -0.2) is 16.2 Å². The molecule has 1 N–H and O–H groups in total. The van der Waals surface area contributed by atoms with Crippen molar-refractivity contribution in [3.8, 4) is 11.5 Å². The molecule has 0 saturated heterocycles. The number of benzene rings is 1.